The van der Waals surface area contributed by atoms with E-state index in [-0.39, 0.29) is 5.41 Å². The molecule has 4 heteroatoms. The van der Waals surface area contributed by atoms with Gasteiger partial charge in [-0.25, -0.2) is 0 Å². The molecule has 1 heterocycles. The van der Waals surface area contributed by atoms with E-state index in [2.05, 4.69) is 41.3 Å². The van der Waals surface area contributed by atoms with E-state index < -0.39 is 0 Å². The summed E-state index contributed by atoms with van der Waals surface area (Å²) in [6.07, 6.45) is 4.02. The number of nitrogens with zero attached hydrogens (tertiary/aromatic N) is 2. The van der Waals surface area contributed by atoms with Crippen molar-refractivity contribution in [2.45, 2.75) is 38.0 Å². The highest BCUT2D eigenvalue weighted by molar-refractivity contribution is 5.38. The van der Waals surface area contributed by atoms with Crippen LogP contribution in [0.2, 0.25) is 0 Å². The van der Waals surface area contributed by atoms with Gasteiger partial charge >= 0.3 is 0 Å². The molecule has 0 bridgehead atoms. The van der Waals surface area contributed by atoms with Crippen LogP contribution in [0, 0.1) is 5.92 Å². The van der Waals surface area contributed by atoms with Gasteiger partial charge in [-0.2, -0.15) is 4.98 Å². The Morgan fingerprint density at radius 1 is 1.30 bits per heavy atom. The Bertz CT molecular complexity index is 556. The van der Waals surface area contributed by atoms with Gasteiger partial charge in [0.25, 0.3) is 0 Å². The van der Waals surface area contributed by atoms with Gasteiger partial charge in [-0.1, -0.05) is 48.8 Å². The molecule has 1 fully saturated rings. The first-order valence-corrected chi connectivity index (χ1v) is 7.37. The number of hydrogen-bond donors (Lipinski definition) is 1. The molecule has 1 aliphatic carbocycles. The molecular weight excluding hydrogens is 250 g/mol. The van der Waals surface area contributed by atoms with Crippen LogP contribution in [0.3, 0.4) is 0 Å². The largest absolute Gasteiger partial charge is 0.339 e. The molecule has 0 saturated heterocycles. The molecule has 0 aliphatic heterocycles. The minimum atomic E-state index is -0.00651. The maximum absolute atomic E-state index is 5.74. The summed E-state index contributed by atoms with van der Waals surface area (Å²) < 4.78 is 5.43. The lowest BCUT2D eigenvalue weighted by molar-refractivity contribution is 0.345. The monoisotopic (exact) mass is 271 g/mol. The molecule has 1 aromatic carbocycles. The molecule has 0 radical (unpaired) electrons. The van der Waals surface area contributed by atoms with Gasteiger partial charge in [0.05, 0.1) is 5.41 Å². The summed E-state index contributed by atoms with van der Waals surface area (Å²) >= 11 is 0. The van der Waals surface area contributed by atoms with Crippen molar-refractivity contribution in [2.24, 2.45) is 11.7 Å². The zero-order valence-corrected chi connectivity index (χ0v) is 11.9. The lowest BCUT2D eigenvalue weighted by Crippen LogP contribution is -2.16. The third-order valence-electron chi connectivity index (χ3n) is 4.35. The Morgan fingerprint density at radius 3 is 2.65 bits per heavy atom. The first-order valence-electron chi connectivity index (χ1n) is 7.37. The minimum Gasteiger partial charge on any atom is -0.339 e. The third-order valence-corrected chi connectivity index (χ3v) is 4.35. The highest BCUT2D eigenvalue weighted by Gasteiger charge is 2.49. The van der Waals surface area contributed by atoms with Gasteiger partial charge in [-0.15, -0.1) is 0 Å². The molecular formula is C16H21N3O. The smallest absolute Gasteiger partial charge is 0.227 e. The number of rotatable bonds is 6. The summed E-state index contributed by atoms with van der Waals surface area (Å²) in [5, 5.41) is 4.22. The molecule has 3 rings (SSSR count). The predicted octanol–water partition coefficient (Wildman–Crippen LogP) is 2.68. The average Bonchev–Trinajstić information content (AvgIpc) is 3.19. The molecule has 0 spiro atoms. The van der Waals surface area contributed by atoms with E-state index in [4.69, 9.17) is 10.3 Å². The Kier molecular flexibility index (Phi) is 3.57. The maximum atomic E-state index is 5.74. The Hall–Kier alpha value is -1.68. The minimum absolute atomic E-state index is 0.00651. The van der Waals surface area contributed by atoms with E-state index >= 15 is 0 Å². The van der Waals surface area contributed by atoms with Gasteiger partial charge in [0.2, 0.25) is 5.89 Å². The molecule has 2 aromatic rings. The van der Waals surface area contributed by atoms with E-state index in [1.807, 2.05) is 6.07 Å². The standard InChI is InChI=1S/C16H21N3O/c1-2-12(11-17)10-14-18-15(19-20-14)16(8-9-16)13-6-4-3-5-7-13/h3-7,12H,2,8-11,17H2,1H3. The van der Waals surface area contributed by atoms with Crippen LogP contribution in [0.4, 0.5) is 0 Å². The summed E-state index contributed by atoms with van der Waals surface area (Å²) in [5.74, 6) is 1.99. The summed E-state index contributed by atoms with van der Waals surface area (Å²) in [6.45, 7) is 2.80. The average molecular weight is 271 g/mol. The molecule has 1 aliphatic rings. The molecule has 2 N–H and O–H groups in total. The normalized spacial score (nSPS) is 17.9. The highest BCUT2D eigenvalue weighted by atomic mass is 16.5. The van der Waals surface area contributed by atoms with Crippen molar-refractivity contribution in [1.29, 1.82) is 0 Å². The Labute approximate surface area is 119 Å². The fourth-order valence-electron chi connectivity index (χ4n) is 2.70. The topological polar surface area (TPSA) is 64.9 Å². The van der Waals surface area contributed by atoms with Crippen LogP contribution in [0.1, 0.15) is 43.5 Å². The predicted molar refractivity (Wildman–Crippen MR) is 77.3 cm³/mol. The summed E-state index contributed by atoms with van der Waals surface area (Å²) in [7, 11) is 0. The van der Waals surface area contributed by atoms with Gasteiger partial charge in [0, 0.05) is 6.42 Å². The number of nitrogens with two attached hydrogens (primary N) is 1. The summed E-state index contributed by atoms with van der Waals surface area (Å²) in [6, 6.07) is 10.5. The fourth-order valence-corrected chi connectivity index (χ4v) is 2.70. The van der Waals surface area contributed by atoms with Crippen LogP contribution in [0.25, 0.3) is 0 Å². The van der Waals surface area contributed by atoms with Crippen LogP contribution < -0.4 is 5.73 Å². The maximum Gasteiger partial charge on any atom is 0.227 e. The van der Waals surface area contributed by atoms with Gasteiger partial charge in [0.1, 0.15) is 0 Å². The third kappa shape index (κ3) is 2.36. The van der Waals surface area contributed by atoms with E-state index in [0.717, 1.165) is 37.4 Å². The van der Waals surface area contributed by atoms with Crippen molar-refractivity contribution in [3.8, 4) is 0 Å². The quantitative estimate of drug-likeness (QED) is 0.877. The molecule has 1 atom stereocenters. The first kappa shape index (κ1) is 13.3. The van der Waals surface area contributed by atoms with Crippen LogP contribution in [0.5, 0.6) is 0 Å². The van der Waals surface area contributed by atoms with Crippen LogP contribution in [-0.4, -0.2) is 16.7 Å². The summed E-state index contributed by atoms with van der Waals surface area (Å²) in [4.78, 5) is 4.62. The zero-order valence-electron chi connectivity index (χ0n) is 11.9. The van der Waals surface area contributed by atoms with Crippen LogP contribution in [-0.2, 0) is 11.8 Å². The van der Waals surface area contributed by atoms with Gasteiger partial charge < -0.3 is 10.3 Å². The zero-order chi connectivity index (χ0) is 14.0. The van der Waals surface area contributed by atoms with Crippen molar-refractivity contribution in [1.82, 2.24) is 10.1 Å². The number of hydrogen-bond acceptors (Lipinski definition) is 4. The molecule has 1 unspecified atom stereocenters. The number of aromatic nitrogens is 2. The van der Waals surface area contributed by atoms with Crippen molar-refractivity contribution >= 4 is 0 Å². The van der Waals surface area contributed by atoms with Crippen LogP contribution in [0.15, 0.2) is 34.9 Å². The van der Waals surface area contributed by atoms with Crippen molar-refractivity contribution in [3.05, 3.63) is 47.6 Å². The molecule has 20 heavy (non-hydrogen) atoms. The van der Waals surface area contributed by atoms with Gasteiger partial charge in [0.15, 0.2) is 5.82 Å². The summed E-state index contributed by atoms with van der Waals surface area (Å²) in [5.41, 5.74) is 7.02. The van der Waals surface area contributed by atoms with Crippen molar-refractivity contribution in [2.75, 3.05) is 6.54 Å². The van der Waals surface area contributed by atoms with Crippen molar-refractivity contribution < 1.29 is 4.52 Å². The van der Waals surface area contributed by atoms with E-state index in [0.29, 0.717) is 12.5 Å². The lowest BCUT2D eigenvalue weighted by Gasteiger charge is -2.10. The molecule has 0 amide bonds. The second-order valence-electron chi connectivity index (χ2n) is 5.67. The Morgan fingerprint density at radius 2 is 2.05 bits per heavy atom. The Balaban J connectivity index is 1.80. The molecule has 1 aromatic heterocycles. The lowest BCUT2D eigenvalue weighted by atomic mass is 9.95. The highest BCUT2D eigenvalue weighted by Crippen LogP contribution is 2.52. The van der Waals surface area contributed by atoms with Crippen LogP contribution >= 0.6 is 0 Å². The molecule has 1 saturated carbocycles. The van der Waals surface area contributed by atoms with E-state index in [1.165, 1.54) is 5.56 Å². The van der Waals surface area contributed by atoms with E-state index in [1.54, 1.807) is 0 Å². The second kappa shape index (κ2) is 5.37. The SMILES string of the molecule is CCC(CN)Cc1nc(C2(c3ccccc3)CC2)no1. The molecule has 106 valence electrons. The van der Waals surface area contributed by atoms with Gasteiger partial charge in [-0.3, -0.25) is 0 Å². The van der Waals surface area contributed by atoms with E-state index in [9.17, 15) is 0 Å². The van der Waals surface area contributed by atoms with Gasteiger partial charge in [-0.05, 0) is 30.9 Å². The van der Waals surface area contributed by atoms with Crippen molar-refractivity contribution in [3.63, 3.8) is 0 Å². The number of benzene rings is 1. The second-order valence-corrected chi connectivity index (χ2v) is 5.67. The fraction of sp³-hybridized carbons (Fsp3) is 0.500. The first-order chi connectivity index (χ1) is 9.78. The molecule has 4 nitrogen and oxygen atoms in total.